The number of carboxylic acid groups (broad SMARTS) is 1. The minimum atomic E-state index is -1.02. The highest BCUT2D eigenvalue weighted by molar-refractivity contribution is 5.95. The number of carboxylic acids is 1. The highest BCUT2D eigenvalue weighted by Gasteiger charge is 2.35. The van der Waals surface area contributed by atoms with Crippen LogP contribution in [0.2, 0.25) is 0 Å². The largest absolute Gasteiger partial charge is 0.481 e. The number of allylic oxidation sites excluding steroid dienone is 15. The molecule has 4 rings (SSSR count). The van der Waals surface area contributed by atoms with Crippen LogP contribution in [0.1, 0.15) is 396 Å². The van der Waals surface area contributed by atoms with Crippen molar-refractivity contribution >= 4 is 47.2 Å². The lowest BCUT2D eigenvalue weighted by Crippen LogP contribution is -2.28. The van der Waals surface area contributed by atoms with Crippen LogP contribution in [0.15, 0.2) is 105 Å². The number of carbonyl (C=O) groups is 8. The van der Waals surface area contributed by atoms with Gasteiger partial charge in [-0.2, -0.15) is 0 Å². The Hall–Kier alpha value is -6.06. The number of esters is 4. The number of aliphatic hydroxyl groups excluding tert-OH is 2. The topological polar surface area (TPSA) is 234 Å². The Morgan fingerprint density at radius 1 is 0.478 bits per heavy atom. The van der Waals surface area contributed by atoms with Gasteiger partial charge in [-0.15, -0.1) is 0 Å². The summed E-state index contributed by atoms with van der Waals surface area (Å²) in [7, 11) is 0. The fourth-order valence-corrected chi connectivity index (χ4v) is 14.9. The van der Waals surface area contributed by atoms with Crippen LogP contribution in [0.4, 0.5) is 0 Å². The molecule has 6 atom stereocenters. The maximum absolute atomic E-state index is 12.6. The van der Waals surface area contributed by atoms with E-state index in [1.807, 2.05) is 25.2 Å². The second-order valence-electron chi connectivity index (χ2n) is 35.4. The molecular formula is C98H166O15. The lowest BCUT2D eigenvalue weighted by Gasteiger charge is -2.38. The van der Waals surface area contributed by atoms with Gasteiger partial charge in [-0.25, -0.2) is 0 Å². The summed E-state index contributed by atoms with van der Waals surface area (Å²) in [5.41, 5.74) is 12.7. The lowest BCUT2D eigenvalue weighted by molar-refractivity contribution is -0.154. The molecule has 0 aromatic rings. The number of rotatable bonds is 46. The summed E-state index contributed by atoms with van der Waals surface area (Å²) in [4.78, 5) is 92.5. The Balaban J connectivity index is 0. The van der Waals surface area contributed by atoms with E-state index in [1.54, 1.807) is 6.92 Å². The smallest absolute Gasteiger partial charge is 0.313 e. The van der Waals surface area contributed by atoms with Gasteiger partial charge in [-0.05, 0) is 284 Å². The first-order valence-electron chi connectivity index (χ1n) is 43.8. The van der Waals surface area contributed by atoms with Crippen LogP contribution < -0.4 is 0 Å². The number of Topliss-reactive ketones (excluding diaryl/α,β-unsaturated/α-hetero) is 3. The summed E-state index contributed by atoms with van der Waals surface area (Å²) < 4.78 is 21.3. The van der Waals surface area contributed by atoms with Crippen LogP contribution in [-0.4, -0.2) is 101 Å². The fourth-order valence-electron chi connectivity index (χ4n) is 14.9. The van der Waals surface area contributed by atoms with Crippen molar-refractivity contribution in [3.8, 4) is 0 Å². The first-order valence-corrected chi connectivity index (χ1v) is 43.8. The number of ether oxygens (including phenoxy) is 4. The van der Waals surface area contributed by atoms with Crippen molar-refractivity contribution in [3.05, 3.63) is 105 Å². The average Bonchev–Trinajstić information content (AvgIpc) is 1.05. The summed E-state index contributed by atoms with van der Waals surface area (Å²) in [6.07, 6.45) is 51.0. The van der Waals surface area contributed by atoms with Crippen LogP contribution in [0.5, 0.6) is 0 Å². The van der Waals surface area contributed by atoms with Crippen LogP contribution in [-0.2, 0) is 57.3 Å². The van der Waals surface area contributed by atoms with E-state index >= 15 is 0 Å². The van der Waals surface area contributed by atoms with Crippen molar-refractivity contribution in [2.24, 2.45) is 34.0 Å². The number of aliphatic carboxylic acids is 1. The summed E-state index contributed by atoms with van der Waals surface area (Å²) in [6, 6.07) is 0. The van der Waals surface area contributed by atoms with E-state index < -0.39 is 11.9 Å². The van der Waals surface area contributed by atoms with E-state index in [9.17, 15) is 43.5 Å². The first-order chi connectivity index (χ1) is 53.1. The molecule has 3 N–H and O–H groups in total. The van der Waals surface area contributed by atoms with Crippen LogP contribution in [0, 0.1) is 34.0 Å². The van der Waals surface area contributed by atoms with Crippen LogP contribution in [0.3, 0.4) is 0 Å². The van der Waals surface area contributed by atoms with Crippen molar-refractivity contribution < 1.29 is 72.6 Å². The number of ketones is 3. The van der Waals surface area contributed by atoms with Crippen molar-refractivity contribution in [2.45, 2.75) is 415 Å². The van der Waals surface area contributed by atoms with Gasteiger partial charge >= 0.3 is 29.8 Å². The van der Waals surface area contributed by atoms with Crippen LogP contribution in [0.25, 0.3) is 0 Å². The molecule has 1 heterocycles. The molecule has 648 valence electrons. The monoisotopic (exact) mass is 1580 g/mol. The normalized spacial score (nSPS) is 18.6. The van der Waals surface area contributed by atoms with E-state index in [2.05, 4.69) is 175 Å². The Morgan fingerprint density at radius 3 is 1.24 bits per heavy atom. The molecule has 4 aliphatic rings. The molecule has 6 unspecified atom stereocenters. The molecule has 0 bridgehead atoms. The Bertz CT molecular complexity index is 3030. The van der Waals surface area contributed by atoms with E-state index in [-0.39, 0.29) is 91.1 Å². The van der Waals surface area contributed by atoms with Gasteiger partial charge in [0.15, 0.2) is 0 Å². The van der Waals surface area contributed by atoms with Gasteiger partial charge in [-0.1, -0.05) is 200 Å². The highest BCUT2D eigenvalue weighted by atomic mass is 16.6. The Morgan fingerprint density at radius 2 is 0.867 bits per heavy atom. The SMILES string of the molecule is CC(=O)CCC1C(C)=CCCC1(C)C.CC(C)=CCC/C(C)=C/CO.CC1=CCCC(C)(C)C1CCC(=O)CC(=O)O.CCCCCC(CCC(=O)OC/C=C(\C)CCC=C(C)C)OC(=O)CC(=O)CCC1C(C)=CCCC1(C)C.CCCCCC(O)CCC(=O)OC/C=C(\C)CCC=C(C)C.CCCCCC1CCC(=O)O1. The zero-order valence-electron chi connectivity index (χ0n) is 75.9. The van der Waals surface area contributed by atoms with E-state index in [0.29, 0.717) is 80.5 Å². The summed E-state index contributed by atoms with van der Waals surface area (Å²) in [6.45, 7) is 47.8. The third kappa shape index (κ3) is 59.3. The number of unbranched alkanes of at least 4 members (excludes halogenated alkanes) is 6. The maximum atomic E-state index is 12.6. The van der Waals surface area contributed by atoms with Crippen molar-refractivity contribution in [1.82, 2.24) is 0 Å². The zero-order valence-corrected chi connectivity index (χ0v) is 75.9. The quantitative estimate of drug-likeness (QED) is 0.0169. The standard InChI is InChI=1S/C33H54O5.C19H34O3.C14H22O3.C13H22O.C10H18O.C9H16O2/c1-8-9-10-16-29(18-20-31(35)37-23-21-26(4)14-11-13-25(2)3)38-32(36)24-28(34)17-19-30-27(5)15-12-22-33(30,6)7;1-5-6-7-11-18(20)12-13-19(21)22-15-14-17(4)10-8-9-16(2)3;1-10-5-4-8-14(2,3)12(10)7-6-11(15)9-13(16)17;1-10-6-5-9-13(3,4)12(10)8-7-11(2)14;1-9(2)5-4-6-10(3)7-8-11;1-2-3-4-5-8-6-7-9(10)11-8/h13,15,21,29-30H,8-12,14,16-20,22-24H2,1-7H3;9,14,18,20H,5-8,10-13,15H2,1-4H3;5,12H,4,6-9H2,1-3H3,(H,16,17);6,12H,5,7-9H2,1-4H3;5,7,11H,4,6,8H2,1-3H3;8H,2-7H2,1H3/b26-21+;17-14+;;;10-7+;. The second-order valence-corrected chi connectivity index (χ2v) is 35.4. The predicted octanol–water partition coefficient (Wildman–Crippen LogP) is 25.4. The first kappa shape index (κ1) is 109. The van der Waals surface area contributed by atoms with E-state index in [1.165, 1.54) is 82.3 Å². The number of cyclic esters (lactones) is 1. The van der Waals surface area contributed by atoms with Gasteiger partial charge in [-0.3, -0.25) is 33.6 Å². The summed E-state index contributed by atoms with van der Waals surface area (Å²) >= 11 is 0. The van der Waals surface area contributed by atoms with Crippen molar-refractivity contribution in [3.63, 3.8) is 0 Å². The molecule has 0 aromatic carbocycles. The van der Waals surface area contributed by atoms with Crippen molar-refractivity contribution in [2.75, 3.05) is 19.8 Å². The van der Waals surface area contributed by atoms with Crippen LogP contribution >= 0.6 is 0 Å². The minimum absolute atomic E-state index is 0.00787. The molecule has 15 heteroatoms. The maximum Gasteiger partial charge on any atom is 0.313 e. The Labute approximate surface area is 689 Å². The molecule has 3 aliphatic carbocycles. The van der Waals surface area contributed by atoms with E-state index in [0.717, 1.165) is 148 Å². The molecule has 1 fully saturated rings. The molecule has 113 heavy (non-hydrogen) atoms. The van der Waals surface area contributed by atoms with Gasteiger partial charge in [0, 0.05) is 38.5 Å². The molecular weight excluding hydrogens is 1420 g/mol. The van der Waals surface area contributed by atoms with Gasteiger partial charge in [0.2, 0.25) is 0 Å². The molecule has 0 saturated carbocycles. The third-order valence-corrected chi connectivity index (χ3v) is 22.2. The Kier molecular flexibility index (Phi) is 61.8. The predicted molar refractivity (Wildman–Crippen MR) is 468 cm³/mol. The van der Waals surface area contributed by atoms with Gasteiger partial charge in [0.1, 0.15) is 55.6 Å². The number of aliphatic hydroxyl groups is 2. The summed E-state index contributed by atoms with van der Waals surface area (Å²) in [5.74, 6) is -0.526. The number of hydrogen-bond donors (Lipinski definition) is 3. The minimum Gasteiger partial charge on any atom is -0.481 e. The number of hydrogen-bond acceptors (Lipinski definition) is 14. The van der Waals surface area contributed by atoms with Gasteiger partial charge in [0.05, 0.1) is 12.7 Å². The molecule has 0 spiro atoms. The molecule has 0 amide bonds. The molecule has 0 aromatic heterocycles. The fraction of sp³-hybridized carbons (Fsp3) is 0.735. The second kappa shape index (κ2) is 64.1. The highest BCUT2D eigenvalue weighted by Crippen LogP contribution is 2.45. The van der Waals surface area contributed by atoms with Crippen molar-refractivity contribution in [1.29, 1.82) is 0 Å². The number of carbonyl (C=O) groups excluding carboxylic acids is 7. The summed E-state index contributed by atoms with van der Waals surface area (Å²) in [5, 5.41) is 26.9. The molecule has 1 saturated heterocycles. The third-order valence-electron chi connectivity index (χ3n) is 22.2. The average molecular weight is 1580 g/mol. The molecule has 0 radical (unpaired) electrons. The zero-order chi connectivity index (χ0) is 86.0. The van der Waals surface area contributed by atoms with Gasteiger partial charge < -0.3 is 39.1 Å². The van der Waals surface area contributed by atoms with Gasteiger partial charge in [0.25, 0.3) is 0 Å². The lowest BCUT2D eigenvalue weighted by atomic mass is 9.67. The molecule has 1 aliphatic heterocycles. The molecule has 15 nitrogen and oxygen atoms in total. The van der Waals surface area contributed by atoms with E-state index in [4.69, 9.17) is 29.2 Å².